The molecule has 0 N–H and O–H groups in total. The van der Waals surface area contributed by atoms with Crippen LogP contribution in [0.25, 0.3) is 33.2 Å². The van der Waals surface area contributed by atoms with Gasteiger partial charge in [0.1, 0.15) is 0 Å². The third kappa shape index (κ3) is 1.80. The molecule has 0 bridgehead atoms. The van der Waals surface area contributed by atoms with E-state index < -0.39 is 0 Å². The molecule has 5 rings (SSSR count). The average Bonchev–Trinajstić information content (AvgIpc) is 3.24. The second kappa shape index (κ2) is 5.06. The zero-order chi connectivity index (χ0) is 15.9. The molecule has 0 saturated heterocycles. The van der Waals surface area contributed by atoms with Crippen molar-refractivity contribution in [2.45, 2.75) is 0 Å². The maximum absolute atomic E-state index is 4.58. The lowest BCUT2D eigenvalue weighted by molar-refractivity contribution is 0.720. The van der Waals surface area contributed by atoms with Crippen LogP contribution in [-0.2, 0) is 0 Å². The van der Waals surface area contributed by atoms with Gasteiger partial charge in [0.2, 0.25) is 0 Å². The lowest BCUT2D eigenvalue weighted by Crippen LogP contribution is -2.09. The fourth-order valence-corrected chi connectivity index (χ4v) is 3.28. The topological polar surface area (TPSA) is 35.6 Å². The van der Waals surface area contributed by atoms with Crippen molar-refractivity contribution < 1.29 is 0 Å². The first kappa shape index (κ1) is 13.1. The highest BCUT2D eigenvalue weighted by Crippen LogP contribution is 2.29. The molecule has 2 aromatic carbocycles. The van der Waals surface area contributed by atoms with Gasteiger partial charge in [-0.25, -0.2) is 14.3 Å². The molecule has 0 aliphatic carbocycles. The van der Waals surface area contributed by atoms with Gasteiger partial charge in [0, 0.05) is 41.1 Å². The van der Waals surface area contributed by atoms with Crippen LogP contribution in [0.1, 0.15) is 0 Å². The van der Waals surface area contributed by atoms with E-state index >= 15 is 0 Å². The summed E-state index contributed by atoms with van der Waals surface area (Å²) in [5.74, 6) is 0.912. The molecular weight excluding hydrogens is 296 g/mol. The number of nitrogens with zero attached hydrogens (tertiary/aromatic N) is 4. The fourth-order valence-electron chi connectivity index (χ4n) is 3.28. The lowest BCUT2D eigenvalue weighted by atomic mass is 10.2. The number of aromatic nitrogens is 4. The van der Waals surface area contributed by atoms with E-state index in [2.05, 4.69) is 55.7 Å². The van der Waals surface area contributed by atoms with Crippen LogP contribution in [0.2, 0.25) is 0 Å². The molecule has 24 heavy (non-hydrogen) atoms. The second-order valence-electron chi connectivity index (χ2n) is 5.68. The van der Waals surface area contributed by atoms with Gasteiger partial charge in [-0.05, 0) is 12.1 Å². The predicted octanol–water partition coefficient (Wildman–Crippen LogP) is 4.36. The summed E-state index contributed by atoms with van der Waals surface area (Å²) < 4.78 is 4.29. The number of para-hydroxylation sites is 1. The number of pyridine rings is 1. The summed E-state index contributed by atoms with van der Waals surface area (Å²) >= 11 is 0. The zero-order valence-electron chi connectivity index (χ0n) is 12.9. The van der Waals surface area contributed by atoms with Crippen molar-refractivity contribution in [3.8, 4) is 11.4 Å². The summed E-state index contributed by atoms with van der Waals surface area (Å²) in [6, 6.07) is 20.7. The van der Waals surface area contributed by atoms with E-state index in [0.717, 1.165) is 27.8 Å². The second-order valence-corrected chi connectivity index (χ2v) is 5.68. The highest BCUT2D eigenvalue weighted by molar-refractivity contribution is 6.07. The molecule has 0 spiro atoms. The molecule has 4 heteroatoms. The van der Waals surface area contributed by atoms with Gasteiger partial charge in [0.15, 0.2) is 5.82 Å². The van der Waals surface area contributed by atoms with Crippen LogP contribution < -0.4 is 0 Å². The molecule has 0 amide bonds. The first-order valence-electron chi connectivity index (χ1n) is 7.86. The van der Waals surface area contributed by atoms with Crippen LogP contribution in [0.4, 0.5) is 0 Å². The molecule has 3 aromatic heterocycles. The number of benzene rings is 2. The van der Waals surface area contributed by atoms with Gasteiger partial charge in [-0.1, -0.05) is 48.5 Å². The summed E-state index contributed by atoms with van der Waals surface area (Å²) in [5, 5.41) is 2.33. The first-order chi connectivity index (χ1) is 11.9. The third-order valence-corrected chi connectivity index (χ3v) is 4.32. The van der Waals surface area contributed by atoms with Gasteiger partial charge in [0.25, 0.3) is 0 Å². The van der Waals surface area contributed by atoms with Gasteiger partial charge in [0.05, 0.1) is 11.0 Å². The minimum Gasteiger partial charge on any atom is -0.264 e. The van der Waals surface area contributed by atoms with Gasteiger partial charge < -0.3 is 0 Å². The number of imidazole rings is 1. The van der Waals surface area contributed by atoms with Gasteiger partial charge in [-0.3, -0.25) is 4.98 Å². The molecule has 3 heterocycles. The Labute approximate surface area is 138 Å². The summed E-state index contributed by atoms with van der Waals surface area (Å²) in [6.07, 6.45) is 7.59. The Morgan fingerprint density at radius 2 is 1.50 bits per heavy atom. The Balaban J connectivity index is 1.89. The van der Waals surface area contributed by atoms with Crippen molar-refractivity contribution in [2.75, 3.05) is 0 Å². The molecule has 0 radical (unpaired) electrons. The SMILES string of the molecule is c1ccc(-c2nccn2-n2c3ccccc3c3cnccc32)cc1. The van der Waals surface area contributed by atoms with E-state index in [1.165, 1.54) is 5.39 Å². The fraction of sp³-hybridized carbons (Fsp3) is 0. The van der Waals surface area contributed by atoms with Crippen molar-refractivity contribution >= 4 is 21.8 Å². The summed E-state index contributed by atoms with van der Waals surface area (Å²) in [6.45, 7) is 0. The maximum atomic E-state index is 4.58. The van der Waals surface area contributed by atoms with Crippen LogP contribution in [-0.4, -0.2) is 19.3 Å². The Kier molecular flexibility index (Phi) is 2.76. The Morgan fingerprint density at radius 3 is 2.42 bits per heavy atom. The monoisotopic (exact) mass is 310 g/mol. The smallest absolute Gasteiger partial charge is 0.159 e. The van der Waals surface area contributed by atoms with Crippen molar-refractivity contribution in [3.05, 3.63) is 85.5 Å². The molecule has 0 unspecified atom stereocenters. The van der Waals surface area contributed by atoms with E-state index in [-0.39, 0.29) is 0 Å². The molecule has 0 fully saturated rings. The Hall–Kier alpha value is -3.40. The van der Waals surface area contributed by atoms with Crippen LogP contribution in [0.5, 0.6) is 0 Å². The molecular formula is C20H14N4. The molecule has 0 aliphatic rings. The minimum atomic E-state index is 0.912. The minimum absolute atomic E-state index is 0.912. The zero-order valence-corrected chi connectivity index (χ0v) is 12.9. The third-order valence-electron chi connectivity index (χ3n) is 4.32. The average molecular weight is 310 g/mol. The Bertz CT molecular complexity index is 1100. The predicted molar refractivity (Wildman–Crippen MR) is 95.7 cm³/mol. The standard InChI is InChI=1S/C20H14N4/c1-2-6-15(7-3-1)20-22-12-13-23(20)24-18-9-5-4-8-16(18)17-14-21-11-10-19(17)24/h1-14H. The summed E-state index contributed by atoms with van der Waals surface area (Å²) in [5.41, 5.74) is 3.33. The molecule has 4 nitrogen and oxygen atoms in total. The lowest BCUT2D eigenvalue weighted by Gasteiger charge is -2.12. The largest absolute Gasteiger partial charge is 0.264 e. The highest BCUT2D eigenvalue weighted by atomic mass is 15.5. The summed E-state index contributed by atoms with van der Waals surface area (Å²) in [4.78, 5) is 8.88. The quantitative estimate of drug-likeness (QED) is 0.485. The van der Waals surface area contributed by atoms with E-state index in [9.17, 15) is 0 Å². The van der Waals surface area contributed by atoms with Crippen LogP contribution >= 0.6 is 0 Å². The van der Waals surface area contributed by atoms with Crippen molar-refractivity contribution in [1.82, 2.24) is 19.3 Å². The van der Waals surface area contributed by atoms with Crippen molar-refractivity contribution in [1.29, 1.82) is 0 Å². The van der Waals surface area contributed by atoms with Crippen molar-refractivity contribution in [2.24, 2.45) is 0 Å². The Morgan fingerprint density at radius 1 is 0.708 bits per heavy atom. The van der Waals surface area contributed by atoms with E-state index in [4.69, 9.17) is 0 Å². The number of hydrogen-bond acceptors (Lipinski definition) is 2. The number of rotatable bonds is 2. The van der Waals surface area contributed by atoms with Gasteiger partial charge >= 0.3 is 0 Å². The van der Waals surface area contributed by atoms with Crippen LogP contribution in [0, 0.1) is 0 Å². The molecule has 0 atom stereocenters. The first-order valence-corrected chi connectivity index (χ1v) is 7.86. The van der Waals surface area contributed by atoms with Crippen LogP contribution in [0.3, 0.4) is 0 Å². The van der Waals surface area contributed by atoms with Crippen molar-refractivity contribution in [3.63, 3.8) is 0 Å². The summed E-state index contributed by atoms with van der Waals surface area (Å²) in [7, 11) is 0. The number of hydrogen-bond donors (Lipinski definition) is 0. The van der Waals surface area contributed by atoms with E-state index in [1.54, 1.807) is 0 Å². The van der Waals surface area contributed by atoms with Crippen LogP contribution in [0.15, 0.2) is 85.5 Å². The van der Waals surface area contributed by atoms with Gasteiger partial charge in [-0.15, -0.1) is 0 Å². The molecule has 0 saturated carbocycles. The molecule has 0 aliphatic heterocycles. The van der Waals surface area contributed by atoms with Gasteiger partial charge in [-0.2, -0.15) is 0 Å². The number of fused-ring (bicyclic) bond motifs is 3. The van der Waals surface area contributed by atoms with E-state index in [1.807, 2.05) is 49.1 Å². The van der Waals surface area contributed by atoms with E-state index in [0.29, 0.717) is 0 Å². The maximum Gasteiger partial charge on any atom is 0.159 e. The molecule has 114 valence electrons. The normalized spacial score (nSPS) is 11.3. The molecule has 5 aromatic rings. The highest BCUT2D eigenvalue weighted by Gasteiger charge is 2.14.